The highest BCUT2D eigenvalue weighted by atomic mass is 35.5. The number of hydrogen-bond acceptors (Lipinski definition) is 7. The molecule has 1 N–H and O–H groups in total. The van der Waals surface area contributed by atoms with E-state index in [0.29, 0.717) is 66.3 Å². The van der Waals surface area contributed by atoms with Gasteiger partial charge in [-0.2, -0.15) is 0 Å². The Morgan fingerprint density at radius 3 is 2.64 bits per heavy atom. The Kier molecular flexibility index (Phi) is 7.52. The molecule has 2 aromatic rings. The van der Waals surface area contributed by atoms with E-state index in [4.69, 9.17) is 21.1 Å². The summed E-state index contributed by atoms with van der Waals surface area (Å²) >= 11 is 6.64. The van der Waals surface area contributed by atoms with Gasteiger partial charge in [0.1, 0.15) is 5.57 Å². The highest BCUT2D eigenvalue weighted by Crippen LogP contribution is 2.44. The largest absolute Gasteiger partial charge is 0.507 e. The van der Waals surface area contributed by atoms with Crippen molar-refractivity contribution in [2.24, 2.45) is 5.92 Å². The lowest BCUT2D eigenvalue weighted by atomic mass is 9.87. The summed E-state index contributed by atoms with van der Waals surface area (Å²) in [4.78, 5) is 28.1. The number of amides is 1. The molecular formula is C29H32ClNO7S. The van der Waals surface area contributed by atoms with Crippen LogP contribution in [0.5, 0.6) is 0 Å². The third-order valence-corrected chi connectivity index (χ3v) is 9.35. The Morgan fingerprint density at radius 1 is 1.18 bits per heavy atom. The van der Waals surface area contributed by atoms with Crippen LogP contribution >= 0.6 is 11.6 Å². The van der Waals surface area contributed by atoms with Gasteiger partial charge in [-0.05, 0) is 79.5 Å². The van der Waals surface area contributed by atoms with E-state index < -0.39 is 21.4 Å². The second kappa shape index (κ2) is 10.6. The van der Waals surface area contributed by atoms with Gasteiger partial charge in [0.05, 0.1) is 11.4 Å². The number of aliphatic hydroxyl groups excluding tert-OH is 1. The van der Waals surface area contributed by atoms with Crippen LogP contribution in [0.2, 0.25) is 5.02 Å². The van der Waals surface area contributed by atoms with Gasteiger partial charge in [0.2, 0.25) is 5.91 Å². The molecule has 2 saturated heterocycles. The number of sulfone groups is 1. The first-order valence-corrected chi connectivity index (χ1v) is 15.4. The molecule has 8 nitrogen and oxygen atoms in total. The molecule has 39 heavy (non-hydrogen) atoms. The van der Waals surface area contributed by atoms with Gasteiger partial charge in [-0.1, -0.05) is 23.7 Å². The first-order valence-electron chi connectivity index (χ1n) is 13.1. The quantitative estimate of drug-likeness (QED) is 0.515. The standard InChI is InChI=1S/C29H32ClNO7S/c1-18-13-23(20-5-3-6-21(15-20)39(2,35)36)24(30)16-22(18)26-27(33)29(38-28(26)34)9-4-10-31(17-29)25(32)14-19-7-11-37-12-8-19/h3,5-6,13,15-16,19,33H,4,7-12,14,17H2,1-2H3. The lowest BCUT2D eigenvalue weighted by Gasteiger charge is -2.39. The number of likely N-dealkylation sites (tertiary alicyclic amines) is 1. The van der Waals surface area contributed by atoms with E-state index in [-0.39, 0.29) is 34.6 Å². The van der Waals surface area contributed by atoms with E-state index in [1.807, 2.05) is 0 Å². The number of rotatable bonds is 5. The van der Waals surface area contributed by atoms with Gasteiger partial charge in [-0.3, -0.25) is 4.79 Å². The van der Waals surface area contributed by atoms with Crippen molar-refractivity contribution in [3.8, 4) is 11.1 Å². The summed E-state index contributed by atoms with van der Waals surface area (Å²) in [5.41, 5.74) is 1.09. The summed E-state index contributed by atoms with van der Waals surface area (Å²) in [6.45, 7) is 3.78. The van der Waals surface area contributed by atoms with E-state index in [1.165, 1.54) is 6.07 Å². The zero-order chi connectivity index (χ0) is 27.9. The highest BCUT2D eigenvalue weighted by molar-refractivity contribution is 7.90. The number of piperidine rings is 1. The molecule has 5 rings (SSSR count). The van der Waals surface area contributed by atoms with Crippen molar-refractivity contribution in [2.75, 3.05) is 32.6 Å². The van der Waals surface area contributed by atoms with Gasteiger partial charge < -0.3 is 19.5 Å². The fraction of sp³-hybridized carbons (Fsp3) is 0.448. The lowest BCUT2D eigenvalue weighted by Crippen LogP contribution is -2.52. The first kappa shape index (κ1) is 27.7. The van der Waals surface area contributed by atoms with Crippen molar-refractivity contribution >= 4 is 38.9 Å². The third-order valence-electron chi connectivity index (χ3n) is 7.93. The van der Waals surface area contributed by atoms with Gasteiger partial charge in [0.25, 0.3) is 0 Å². The number of nitrogens with zero attached hydrogens (tertiary/aromatic N) is 1. The van der Waals surface area contributed by atoms with Crippen LogP contribution in [0, 0.1) is 12.8 Å². The van der Waals surface area contributed by atoms with Crippen molar-refractivity contribution in [2.45, 2.75) is 49.5 Å². The minimum atomic E-state index is -3.41. The maximum absolute atomic E-state index is 13.2. The predicted molar refractivity (Wildman–Crippen MR) is 147 cm³/mol. The normalized spacial score (nSPS) is 22.4. The second-order valence-corrected chi connectivity index (χ2v) is 13.2. The monoisotopic (exact) mass is 573 g/mol. The molecule has 2 fully saturated rings. The van der Waals surface area contributed by atoms with Crippen molar-refractivity contribution in [3.05, 3.63) is 58.3 Å². The summed E-state index contributed by atoms with van der Waals surface area (Å²) in [5, 5.41) is 11.7. The Bertz CT molecular complexity index is 1460. The number of aryl methyl sites for hydroxylation is 1. The van der Waals surface area contributed by atoms with Crippen LogP contribution in [0.1, 0.15) is 43.2 Å². The van der Waals surface area contributed by atoms with Gasteiger partial charge in [0, 0.05) is 43.0 Å². The van der Waals surface area contributed by atoms with E-state index in [0.717, 1.165) is 19.1 Å². The SMILES string of the molecule is Cc1cc(-c2cccc(S(C)(=O)=O)c2)c(Cl)cc1C1=C(O)C2(CCCN(C(=O)CC3CCOCC3)C2)OC1=O. The van der Waals surface area contributed by atoms with Gasteiger partial charge in [-0.25, -0.2) is 13.2 Å². The smallest absolute Gasteiger partial charge is 0.343 e. The number of carbonyl (C=O) groups is 2. The van der Waals surface area contributed by atoms with E-state index in [9.17, 15) is 23.1 Å². The maximum Gasteiger partial charge on any atom is 0.343 e. The summed E-state index contributed by atoms with van der Waals surface area (Å²) in [5.74, 6) is -0.561. The Morgan fingerprint density at radius 2 is 1.92 bits per heavy atom. The summed E-state index contributed by atoms with van der Waals surface area (Å²) < 4.78 is 35.3. The van der Waals surface area contributed by atoms with Crippen LogP contribution in [0.3, 0.4) is 0 Å². The van der Waals surface area contributed by atoms with E-state index >= 15 is 0 Å². The number of aliphatic hydroxyl groups is 1. The molecule has 1 unspecified atom stereocenters. The van der Waals surface area contributed by atoms with Crippen LogP contribution < -0.4 is 0 Å². The summed E-state index contributed by atoms with van der Waals surface area (Å²) in [6.07, 6.45) is 4.27. The molecule has 208 valence electrons. The van der Waals surface area contributed by atoms with Crippen molar-refractivity contribution in [1.29, 1.82) is 0 Å². The molecule has 3 aliphatic rings. The molecule has 1 spiro atoms. The fourth-order valence-corrected chi connectivity index (χ4v) is 6.68. The molecule has 2 aromatic carbocycles. The molecule has 3 aliphatic heterocycles. The topological polar surface area (TPSA) is 110 Å². The molecule has 3 heterocycles. The minimum absolute atomic E-state index is 0.00169. The Hall–Kier alpha value is -2.88. The number of ether oxygens (including phenoxy) is 2. The van der Waals surface area contributed by atoms with E-state index in [2.05, 4.69) is 0 Å². The van der Waals surface area contributed by atoms with Crippen molar-refractivity contribution < 1.29 is 32.6 Å². The van der Waals surface area contributed by atoms with Crippen LogP contribution in [0.25, 0.3) is 16.7 Å². The maximum atomic E-state index is 13.2. The number of halogens is 1. The zero-order valence-electron chi connectivity index (χ0n) is 22.0. The lowest BCUT2D eigenvalue weighted by molar-refractivity contribution is -0.157. The molecule has 0 aliphatic carbocycles. The Labute approximate surface area is 233 Å². The molecule has 1 amide bonds. The molecule has 10 heteroatoms. The fourth-order valence-electron chi connectivity index (χ4n) is 5.74. The highest BCUT2D eigenvalue weighted by Gasteiger charge is 2.52. The molecule has 1 atom stereocenters. The molecule has 0 radical (unpaired) electrons. The van der Waals surface area contributed by atoms with Crippen molar-refractivity contribution in [1.82, 2.24) is 4.90 Å². The summed E-state index contributed by atoms with van der Waals surface area (Å²) in [7, 11) is -3.41. The molecule has 0 bridgehead atoms. The number of esters is 1. The Balaban J connectivity index is 1.44. The number of benzene rings is 2. The average Bonchev–Trinajstić information content (AvgIpc) is 3.13. The van der Waals surface area contributed by atoms with Crippen LogP contribution in [0.4, 0.5) is 0 Å². The first-order chi connectivity index (χ1) is 18.5. The molecular weight excluding hydrogens is 542 g/mol. The van der Waals surface area contributed by atoms with Crippen LogP contribution in [0.15, 0.2) is 47.1 Å². The van der Waals surface area contributed by atoms with Gasteiger partial charge in [0.15, 0.2) is 21.2 Å². The predicted octanol–water partition coefficient (Wildman–Crippen LogP) is 4.72. The van der Waals surface area contributed by atoms with E-state index in [1.54, 1.807) is 42.2 Å². The second-order valence-electron chi connectivity index (χ2n) is 10.7. The zero-order valence-corrected chi connectivity index (χ0v) is 23.6. The number of hydrogen-bond donors (Lipinski definition) is 1. The van der Waals surface area contributed by atoms with Crippen molar-refractivity contribution in [3.63, 3.8) is 0 Å². The van der Waals surface area contributed by atoms with Gasteiger partial charge >= 0.3 is 5.97 Å². The van der Waals surface area contributed by atoms with Crippen LogP contribution in [-0.2, 0) is 28.9 Å². The molecule has 0 saturated carbocycles. The minimum Gasteiger partial charge on any atom is -0.507 e. The van der Waals surface area contributed by atoms with Gasteiger partial charge in [-0.15, -0.1) is 0 Å². The molecule has 0 aromatic heterocycles. The summed E-state index contributed by atoms with van der Waals surface area (Å²) in [6, 6.07) is 9.85. The number of carbonyl (C=O) groups excluding carboxylic acids is 2. The third kappa shape index (κ3) is 5.44. The average molecular weight is 574 g/mol. The van der Waals surface area contributed by atoms with Crippen LogP contribution in [-0.4, -0.2) is 68.5 Å².